The average Bonchev–Trinajstić information content (AvgIpc) is 2.71. The normalized spacial score (nSPS) is 15.6. The van der Waals surface area contributed by atoms with E-state index in [0.717, 1.165) is 25.7 Å². The fourth-order valence-electron chi connectivity index (χ4n) is 3.34. The maximum Gasteiger partial charge on any atom is 0.417 e. The van der Waals surface area contributed by atoms with Gasteiger partial charge in [-0.1, -0.05) is 41.9 Å². The Morgan fingerprint density at radius 1 is 1.03 bits per heavy atom. The van der Waals surface area contributed by atoms with Gasteiger partial charge in [0, 0.05) is 31.4 Å². The van der Waals surface area contributed by atoms with Crippen molar-refractivity contribution in [1.82, 2.24) is 10.2 Å². The summed E-state index contributed by atoms with van der Waals surface area (Å²) in [5.41, 5.74) is -0.0155. The first kappa shape index (κ1) is 22.1. The van der Waals surface area contributed by atoms with E-state index in [1.165, 1.54) is 11.6 Å². The number of alkyl halides is 3. The number of nitrogens with zero attached hydrogens (tertiary/aromatic N) is 1. The third-order valence-electron chi connectivity index (χ3n) is 4.91. The Morgan fingerprint density at radius 2 is 1.70 bits per heavy atom. The van der Waals surface area contributed by atoms with Gasteiger partial charge in [0.25, 0.3) is 0 Å². The van der Waals surface area contributed by atoms with Crippen LogP contribution in [-0.2, 0) is 22.3 Å². The number of hydrogen-bond donors (Lipinski definition) is 2. The summed E-state index contributed by atoms with van der Waals surface area (Å²) in [4.78, 5) is 26.5. The van der Waals surface area contributed by atoms with E-state index in [0.29, 0.717) is 18.9 Å². The van der Waals surface area contributed by atoms with Crippen LogP contribution in [0.3, 0.4) is 0 Å². The van der Waals surface area contributed by atoms with Crippen LogP contribution < -0.4 is 10.6 Å². The van der Waals surface area contributed by atoms with Gasteiger partial charge >= 0.3 is 18.0 Å². The van der Waals surface area contributed by atoms with Crippen molar-refractivity contribution in [2.75, 3.05) is 18.4 Å². The molecule has 0 spiro atoms. The fourth-order valence-corrected chi connectivity index (χ4v) is 3.56. The number of carbonyl (C=O) groups is 2. The number of halogens is 4. The minimum Gasteiger partial charge on any atom is -0.345 e. The molecular weight excluding hydrogens is 419 g/mol. The van der Waals surface area contributed by atoms with Crippen LogP contribution in [0.15, 0.2) is 48.5 Å². The molecule has 30 heavy (non-hydrogen) atoms. The number of nitrogens with one attached hydrogen (secondary N) is 2. The molecule has 2 aromatic carbocycles. The van der Waals surface area contributed by atoms with Crippen molar-refractivity contribution in [3.8, 4) is 0 Å². The lowest BCUT2D eigenvalue weighted by Gasteiger charge is -2.32. The minimum atomic E-state index is -4.66. The smallest absolute Gasteiger partial charge is 0.345 e. The second-order valence-electron chi connectivity index (χ2n) is 7.16. The van der Waals surface area contributed by atoms with E-state index in [1.54, 1.807) is 0 Å². The Morgan fingerprint density at radius 3 is 2.33 bits per heavy atom. The third-order valence-corrected chi connectivity index (χ3v) is 5.24. The zero-order chi connectivity index (χ0) is 21.7. The largest absolute Gasteiger partial charge is 0.417 e. The summed E-state index contributed by atoms with van der Waals surface area (Å²) in [6, 6.07) is 12.8. The first-order valence-corrected chi connectivity index (χ1v) is 9.85. The second kappa shape index (κ2) is 9.49. The number of rotatable bonds is 4. The summed E-state index contributed by atoms with van der Waals surface area (Å²) >= 11 is 5.56. The number of amides is 2. The molecule has 1 aliphatic heterocycles. The first-order valence-electron chi connectivity index (χ1n) is 9.47. The SMILES string of the molecule is O=C(Nc1ccc(Cl)c(C(F)(F)F)c1)C(=O)NC1CCN(Cc2ccccc2)CC1. The molecule has 0 radical (unpaired) electrons. The van der Waals surface area contributed by atoms with Gasteiger partial charge in [0.05, 0.1) is 10.6 Å². The molecule has 0 bridgehead atoms. The monoisotopic (exact) mass is 439 g/mol. The van der Waals surface area contributed by atoms with Crippen molar-refractivity contribution < 1.29 is 22.8 Å². The molecule has 0 unspecified atom stereocenters. The van der Waals surface area contributed by atoms with Crippen LogP contribution in [0.5, 0.6) is 0 Å². The summed E-state index contributed by atoms with van der Waals surface area (Å²) in [6.07, 6.45) is -3.29. The Bertz CT molecular complexity index is 898. The van der Waals surface area contributed by atoms with Gasteiger partial charge in [-0.2, -0.15) is 13.2 Å². The predicted molar refractivity (Wildman–Crippen MR) is 108 cm³/mol. The van der Waals surface area contributed by atoms with Crippen molar-refractivity contribution in [3.63, 3.8) is 0 Å². The number of piperidine rings is 1. The van der Waals surface area contributed by atoms with Gasteiger partial charge in [0.1, 0.15) is 0 Å². The van der Waals surface area contributed by atoms with E-state index in [-0.39, 0.29) is 11.7 Å². The van der Waals surface area contributed by atoms with E-state index in [4.69, 9.17) is 11.6 Å². The van der Waals surface area contributed by atoms with E-state index < -0.39 is 28.6 Å². The number of anilines is 1. The molecule has 0 atom stereocenters. The lowest BCUT2D eigenvalue weighted by molar-refractivity contribution is -0.137. The summed E-state index contributed by atoms with van der Waals surface area (Å²) in [6.45, 7) is 2.36. The van der Waals surface area contributed by atoms with Gasteiger partial charge < -0.3 is 10.6 Å². The highest BCUT2D eigenvalue weighted by Gasteiger charge is 2.33. The first-order chi connectivity index (χ1) is 14.2. The van der Waals surface area contributed by atoms with Crippen molar-refractivity contribution >= 4 is 29.1 Å². The molecule has 2 amide bonds. The van der Waals surface area contributed by atoms with Crippen LogP contribution in [0.25, 0.3) is 0 Å². The topological polar surface area (TPSA) is 61.4 Å². The third kappa shape index (κ3) is 5.96. The Balaban J connectivity index is 1.49. The average molecular weight is 440 g/mol. The zero-order valence-corrected chi connectivity index (χ0v) is 16.8. The molecule has 0 aromatic heterocycles. The molecule has 5 nitrogen and oxygen atoms in total. The highest BCUT2D eigenvalue weighted by molar-refractivity contribution is 6.39. The lowest BCUT2D eigenvalue weighted by atomic mass is 10.0. The molecular formula is C21H21ClF3N3O2. The van der Waals surface area contributed by atoms with Crippen molar-refractivity contribution in [2.24, 2.45) is 0 Å². The van der Waals surface area contributed by atoms with Crippen molar-refractivity contribution in [3.05, 3.63) is 64.7 Å². The lowest BCUT2D eigenvalue weighted by Crippen LogP contribution is -2.47. The van der Waals surface area contributed by atoms with E-state index in [2.05, 4.69) is 27.7 Å². The number of hydrogen-bond acceptors (Lipinski definition) is 3. The molecule has 2 aromatic rings. The molecule has 1 heterocycles. The van der Waals surface area contributed by atoms with Crippen molar-refractivity contribution in [1.29, 1.82) is 0 Å². The second-order valence-corrected chi connectivity index (χ2v) is 7.56. The molecule has 0 saturated carbocycles. The van der Waals surface area contributed by atoms with Gasteiger partial charge in [0.2, 0.25) is 0 Å². The molecule has 160 valence electrons. The maximum absolute atomic E-state index is 12.9. The quantitative estimate of drug-likeness (QED) is 0.706. The van der Waals surface area contributed by atoms with Crippen LogP contribution in [0.1, 0.15) is 24.0 Å². The predicted octanol–water partition coefficient (Wildman–Crippen LogP) is 4.08. The number of benzene rings is 2. The Labute approximate surface area is 177 Å². The van der Waals surface area contributed by atoms with E-state index >= 15 is 0 Å². The van der Waals surface area contributed by atoms with Gasteiger partial charge in [-0.3, -0.25) is 14.5 Å². The fraction of sp³-hybridized carbons (Fsp3) is 0.333. The highest BCUT2D eigenvalue weighted by Crippen LogP contribution is 2.36. The molecule has 0 aliphatic carbocycles. The van der Waals surface area contributed by atoms with Gasteiger partial charge in [0.15, 0.2) is 0 Å². The number of likely N-dealkylation sites (tertiary alicyclic amines) is 1. The van der Waals surface area contributed by atoms with Crippen LogP contribution in [0.4, 0.5) is 18.9 Å². The highest BCUT2D eigenvalue weighted by atomic mass is 35.5. The van der Waals surface area contributed by atoms with E-state index in [1.807, 2.05) is 18.2 Å². The van der Waals surface area contributed by atoms with Gasteiger partial charge in [-0.05, 0) is 36.6 Å². The van der Waals surface area contributed by atoms with Crippen LogP contribution >= 0.6 is 11.6 Å². The summed E-state index contributed by atoms with van der Waals surface area (Å²) in [5.74, 6) is -1.89. The molecule has 9 heteroatoms. The van der Waals surface area contributed by atoms with Crippen molar-refractivity contribution in [2.45, 2.75) is 31.6 Å². The molecule has 1 aliphatic rings. The molecule has 1 fully saturated rings. The number of carbonyl (C=O) groups excluding carboxylic acids is 2. The summed E-state index contributed by atoms with van der Waals surface area (Å²) in [5, 5.41) is 4.37. The standard InChI is InChI=1S/C21H21ClF3N3O2/c22-18-7-6-16(12-17(18)21(23,24)25)27-20(30)19(29)26-15-8-10-28(11-9-15)13-14-4-2-1-3-5-14/h1-7,12,15H,8-11,13H2,(H,26,29)(H,27,30). The molecule has 2 N–H and O–H groups in total. The van der Waals surface area contributed by atoms with Gasteiger partial charge in [-0.25, -0.2) is 0 Å². The summed E-state index contributed by atoms with van der Waals surface area (Å²) in [7, 11) is 0. The van der Waals surface area contributed by atoms with Crippen LogP contribution in [0.2, 0.25) is 5.02 Å². The summed E-state index contributed by atoms with van der Waals surface area (Å²) < 4.78 is 38.8. The van der Waals surface area contributed by atoms with Gasteiger partial charge in [-0.15, -0.1) is 0 Å². The zero-order valence-electron chi connectivity index (χ0n) is 16.0. The Hall–Kier alpha value is -2.58. The maximum atomic E-state index is 12.9. The van der Waals surface area contributed by atoms with Crippen LogP contribution in [-0.4, -0.2) is 35.8 Å². The molecule has 3 rings (SSSR count). The molecule has 1 saturated heterocycles. The van der Waals surface area contributed by atoms with Crippen LogP contribution in [0, 0.1) is 0 Å². The Kier molecular flexibility index (Phi) is 6.99. The minimum absolute atomic E-state index is 0.149. The van der Waals surface area contributed by atoms with E-state index in [9.17, 15) is 22.8 Å².